The van der Waals surface area contributed by atoms with E-state index in [1.165, 1.54) is 19.3 Å². The number of methoxy groups -OCH3 is 1. The van der Waals surface area contributed by atoms with Crippen LogP contribution < -0.4 is 10.1 Å². The lowest BCUT2D eigenvalue weighted by Gasteiger charge is -2.13. The summed E-state index contributed by atoms with van der Waals surface area (Å²) in [7, 11) is 1.59. The molecule has 1 N–H and O–H groups in total. The molecule has 1 heterocycles. The summed E-state index contributed by atoms with van der Waals surface area (Å²) in [5, 5.41) is 2.72. The first kappa shape index (κ1) is 16.6. The first-order chi connectivity index (χ1) is 11.0. The fourth-order valence-corrected chi connectivity index (χ4v) is 1.95. The smallest absolute Gasteiger partial charge is 0.342 e. The molecule has 2 aromatic rings. The number of carbonyl (C=O) groups excluding carboxylic acids is 2. The molecule has 1 amide bonds. The minimum Gasteiger partial charge on any atom is -0.497 e. The Morgan fingerprint density at radius 3 is 2.48 bits per heavy atom. The van der Waals surface area contributed by atoms with E-state index < -0.39 is 12.1 Å². The summed E-state index contributed by atoms with van der Waals surface area (Å²) < 4.78 is 15.2. The maximum absolute atomic E-state index is 12.0. The molecule has 0 aliphatic carbocycles. The van der Waals surface area contributed by atoms with Crippen LogP contribution in [-0.2, 0) is 16.1 Å². The monoisotopic (exact) mass is 317 g/mol. The van der Waals surface area contributed by atoms with Gasteiger partial charge < -0.3 is 19.2 Å². The highest BCUT2D eigenvalue weighted by atomic mass is 16.5. The van der Waals surface area contributed by atoms with Gasteiger partial charge in [-0.15, -0.1) is 0 Å². The van der Waals surface area contributed by atoms with Gasteiger partial charge >= 0.3 is 5.97 Å². The average Bonchev–Trinajstić information content (AvgIpc) is 2.99. The van der Waals surface area contributed by atoms with E-state index in [9.17, 15) is 9.59 Å². The van der Waals surface area contributed by atoms with Gasteiger partial charge in [0.2, 0.25) is 0 Å². The quantitative estimate of drug-likeness (QED) is 0.828. The van der Waals surface area contributed by atoms with Crippen molar-refractivity contribution in [2.75, 3.05) is 7.11 Å². The van der Waals surface area contributed by atoms with Gasteiger partial charge in [-0.1, -0.05) is 12.1 Å². The molecule has 23 heavy (non-hydrogen) atoms. The second-order valence-electron chi connectivity index (χ2n) is 5.00. The van der Waals surface area contributed by atoms with Crippen molar-refractivity contribution in [1.82, 2.24) is 5.32 Å². The lowest BCUT2D eigenvalue weighted by atomic mass is 10.2. The third-order valence-electron chi connectivity index (χ3n) is 3.36. The number of aryl methyl sites for hydroxylation is 1. The van der Waals surface area contributed by atoms with Gasteiger partial charge in [0.15, 0.2) is 6.10 Å². The summed E-state index contributed by atoms with van der Waals surface area (Å²) in [6.45, 7) is 3.52. The molecule has 0 saturated heterocycles. The van der Waals surface area contributed by atoms with Crippen molar-refractivity contribution in [3.8, 4) is 5.75 Å². The Hall–Kier alpha value is -2.76. The zero-order valence-electron chi connectivity index (χ0n) is 13.3. The van der Waals surface area contributed by atoms with E-state index in [0.29, 0.717) is 17.9 Å². The second-order valence-corrected chi connectivity index (χ2v) is 5.00. The summed E-state index contributed by atoms with van der Waals surface area (Å²) in [6, 6.07) is 8.84. The number of nitrogens with one attached hydrogen (secondary N) is 1. The van der Waals surface area contributed by atoms with E-state index in [1.54, 1.807) is 14.0 Å². The Labute approximate surface area is 134 Å². The number of carbonyl (C=O) groups is 2. The molecule has 6 heteroatoms. The molecule has 1 aromatic carbocycles. The normalized spacial score (nSPS) is 11.6. The average molecular weight is 317 g/mol. The number of esters is 1. The lowest BCUT2D eigenvalue weighted by molar-refractivity contribution is -0.129. The van der Waals surface area contributed by atoms with Crippen LogP contribution in [0.5, 0.6) is 5.75 Å². The SMILES string of the molecule is COc1ccc(CNC(=O)[C@H](C)OC(=O)c2ccoc2C)cc1. The Morgan fingerprint density at radius 2 is 1.91 bits per heavy atom. The molecule has 0 spiro atoms. The standard InChI is InChI=1S/C17H19NO5/c1-11-15(8-9-22-11)17(20)23-12(2)16(19)18-10-13-4-6-14(21-3)7-5-13/h4-9,12H,10H2,1-3H3,(H,18,19)/t12-/m0/s1. The third-order valence-corrected chi connectivity index (χ3v) is 3.36. The van der Waals surface area contributed by atoms with Gasteiger partial charge in [0, 0.05) is 6.54 Å². The Balaban J connectivity index is 1.84. The highest BCUT2D eigenvalue weighted by Gasteiger charge is 2.20. The molecule has 1 atom stereocenters. The van der Waals surface area contributed by atoms with E-state index in [1.807, 2.05) is 24.3 Å². The highest BCUT2D eigenvalue weighted by Crippen LogP contribution is 2.12. The van der Waals surface area contributed by atoms with Crippen molar-refractivity contribution < 1.29 is 23.5 Å². The fourth-order valence-electron chi connectivity index (χ4n) is 1.95. The van der Waals surface area contributed by atoms with Gasteiger partial charge in [0.25, 0.3) is 5.91 Å². The summed E-state index contributed by atoms with van der Waals surface area (Å²) in [4.78, 5) is 23.9. The molecule has 0 fully saturated rings. The van der Waals surface area contributed by atoms with Crippen LogP contribution in [-0.4, -0.2) is 25.1 Å². The van der Waals surface area contributed by atoms with Gasteiger partial charge in [0.05, 0.1) is 13.4 Å². The molecule has 1 aromatic heterocycles. The van der Waals surface area contributed by atoms with Crippen LogP contribution in [0.1, 0.15) is 28.6 Å². The third kappa shape index (κ3) is 4.35. The lowest BCUT2D eigenvalue weighted by Crippen LogP contribution is -2.35. The fraction of sp³-hybridized carbons (Fsp3) is 0.294. The van der Waals surface area contributed by atoms with Crippen LogP contribution in [0.4, 0.5) is 0 Å². The van der Waals surface area contributed by atoms with Crippen LogP contribution in [0.3, 0.4) is 0 Å². The summed E-state index contributed by atoms with van der Waals surface area (Å²) >= 11 is 0. The van der Waals surface area contributed by atoms with Gasteiger partial charge in [-0.05, 0) is 37.6 Å². The molecule has 0 radical (unpaired) electrons. The molecule has 6 nitrogen and oxygen atoms in total. The van der Waals surface area contributed by atoms with E-state index in [2.05, 4.69) is 5.32 Å². The van der Waals surface area contributed by atoms with Crippen LogP contribution >= 0.6 is 0 Å². The zero-order valence-corrected chi connectivity index (χ0v) is 13.3. The molecule has 0 unspecified atom stereocenters. The molecule has 0 saturated carbocycles. The van der Waals surface area contributed by atoms with Crippen molar-refractivity contribution >= 4 is 11.9 Å². The van der Waals surface area contributed by atoms with E-state index in [4.69, 9.17) is 13.9 Å². The molecule has 122 valence electrons. The molecule has 0 bridgehead atoms. The Bertz CT molecular complexity index is 675. The molecular formula is C17H19NO5. The first-order valence-electron chi connectivity index (χ1n) is 7.17. The van der Waals surface area contributed by atoms with Crippen molar-refractivity contribution in [2.45, 2.75) is 26.5 Å². The topological polar surface area (TPSA) is 77.8 Å². The Morgan fingerprint density at radius 1 is 1.22 bits per heavy atom. The molecular weight excluding hydrogens is 298 g/mol. The van der Waals surface area contributed by atoms with Gasteiger partial charge in [-0.25, -0.2) is 4.79 Å². The predicted octanol–water partition coefficient (Wildman–Crippen LogP) is 2.46. The van der Waals surface area contributed by atoms with E-state index >= 15 is 0 Å². The molecule has 0 aliphatic rings. The summed E-state index contributed by atoms with van der Waals surface area (Å²) in [6.07, 6.45) is 0.510. The number of rotatable bonds is 6. The van der Waals surface area contributed by atoms with Crippen LogP contribution in [0, 0.1) is 6.92 Å². The maximum Gasteiger partial charge on any atom is 0.342 e. The predicted molar refractivity (Wildman–Crippen MR) is 83.2 cm³/mol. The second kappa shape index (κ2) is 7.49. The largest absolute Gasteiger partial charge is 0.497 e. The minimum atomic E-state index is -0.893. The minimum absolute atomic E-state index is 0.319. The first-order valence-corrected chi connectivity index (χ1v) is 7.17. The maximum atomic E-state index is 12.0. The number of amides is 1. The Kier molecular flexibility index (Phi) is 5.41. The summed E-state index contributed by atoms with van der Waals surface area (Å²) in [5.74, 6) is 0.261. The number of ether oxygens (including phenoxy) is 2. The van der Waals surface area contributed by atoms with Crippen molar-refractivity contribution in [1.29, 1.82) is 0 Å². The van der Waals surface area contributed by atoms with Crippen LogP contribution in [0.15, 0.2) is 41.0 Å². The van der Waals surface area contributed by atoms with Gasteiger partial charge in [-0.3, -0.25) is 4.79 Å². The number of hydrogen-bond acceptors (Lipinski definition) is 5. The van der Waals surface area contributed by atoms with Gasteiger partial charge in [0.1, 0.15) is 17.1 Å². The van der Waals surface area contributed by atoms with Crippen molar-refractivity contribution in [2.24, 2.45) is 0 Å². The molecule has 2 rings (SSSR count). The van der Waals surface area contributed by atoms with Crippen molar-refractivity contribution in [3.63, 3.8) is 0 Å². The van der Waals surface area contributed by atoms with E-state index in [-0.39, 0.29) is 5.91 Å². The zero-order chi connectivity index (χ0) is 16.8. The van der Waals surface area contributed by atoms with Gasteiger partial charge in [-0.2, -0.15) is 0 Å². The van der Waals surface area contributed by atoms with Crippen LogP contribution in [0.25, 0.3) is 0 Å². The molecule has 0 aliphatic heterocycles. The van der Waals surface area contributed by atoms with Crippen LogP contribution in [0.2, 0.25) is 0 Å². The highest BCUT2D eigenvalue weighted by molar-refractivity contribution is 5.92. The number of benzene rings is 1. The van der Waals surface area contributed by atoms with E-state index in [0.717, 1.165) is 11.3 Å². The number of furan rings is 1. The summed E-state index contributed by atoms with van der Waals surface area (Å²) in [5.41, 5.74) is 1.24. The van der Waals surface area contributed by atoms with Crippen molar-refractivity contribution in [3.05, 3.63) is 53.5 Å². The number of hydrogen-bond donors (Lipinski definition) is 1.